The second-order valence-electron chi connectivity index (χ2n) is 6.02. The first-order valence-electron chi connectivity index (χ1n) is 8.21. The van der Waals surface area contributed by atoms with Crippen molar-refractivity contribution in [3.63, 3.8) is 0 Å². The van der Waals surface area contributed by atoms with Gasteiger partial charge in [-0.15, -0.1) is 5.10 Å². The van der Waals surface area contributed by atoms with Gasteiger partial charge in [0.1, 0.15) is 10.6 Å². The number of amides is 2. The van der Waals surface area contributed by atoms with Gasteiger partial charge in [0.05, 0.1) is 12.0 Å². The number of likely N-dealkylation sites (tertiary alicyclic amines) is 1. The van der Waals surface area contributed by atoms with E-state index in [1.54, 1.807) is 31.4 Å². The molecule has 3 rings (SSSR count). The van der Waals surface area contributed by atoms with Crippen LogP contribution in [0.3, 0.4) is 0 Å². The number of furan rings is 1. The van der Waals surface area contributed by atoms with Crippen LogP contribution in [-0.4, -0.2) is 45.9 Å². The maximum atomic E-state index is 12.4. The van der Waals surface area contributed by atoms with Gasteiger partial charge in [-0.25, -0.2) is 0 Å². The number of piperidine rings is 1. The summed E-state index contributed by atoms with van der Waals surface area (Å²) in [6.07, 6.45) is 6.42. The number of nitrogens with one attached hydrogen (secondary N) is 1. The molecule has 0 spiro atoms. The number of rotatable bonds is 5. The largest absolute Gasteiger partial charge is 0.465 e. The highest BCUT2D eigenvalue weighted by Crippen LogP contribution is 2.20. The number of hydrogen-bond acceptors (Lipinski definition) is 6. The molecular formula is C17H20N4O3S. The van der Waals surface area contributed by atoms with Crippen LogP contribution in [-0.2, 0) is 4.79 Å². The first kappa shape index (κ1) is 17.3. The molecule has 3 heterocycles. The summed E-state index contributed by atoms with van der Waals surface area (Å²) in [5.41, 5.74) is 0.688. The first-order valence-corrected chi connectivity index (χ1v) is 8.98. The molecule has 2 amide bonds. The lowest BCUT2D eigenvalue weighted by Crippen LogP contribution is -2.41. The van der Waals surface area contributed by atoms with Gasteiger partial charge in [0, 0.05) is 25.7 Å². The Balaban J connectivity index is 1.41. The number of carbonyl (C=O) groups excluding carboxylic acids is 2. The number of nitrogens with zero attached hydrogens (tertiary/aromatic N) is 3. The molecule has 0 aromatic carbocycles. The predicted molar refractivity (Wildman–Crippen MR) is 94.0 cm³/mol. The molecular weight excluding hydrogens is 340 g/mol. The van der Waals surface area contributed by atoms with Crippen LogP contribution < -0.4 is 5.32 Å². The lowest BCUT2D eigenvalue weighted by Gasteiger charge is -2.31. The molecule has 1 aliphatic heterocycles. The highest BCUT2D eigenvalue weighted by molar-refractivity contribution is 7.07. The van der Waals surface area contributed by atoms with Gasteiger partial charge in [-0.05, 0) is 55.4 Å². The predicted octanol–water partition coefficient (Wildman–Crippen LogP) is 2.12. The third-order valence-electron chi connectivity index (χ3n) is 4.25. The molecule has 2 aromatic heterocycles. The summed E-state index contributed by atoms with van der Waals surface area (Å²) in [6.45, 7) is 3.80. The van der Waals surface area contributed by atoms with Gasteiger partial charge >= 0.3 is 0 Å². The summed E-state index contributed by atoms with van der Waals surface area (Å²) < 4.78 is 8.96. The molecule has 0 bridgehead atoms. The summed E-state index contributed by atoms with van der Waals surface area (Å²) in [4.78, 5) is 26.7. The van der Waals surface area contributed by atoms with Gasteiger partial charge in [0.2, 0.25) is 5.91 Å². The average molecular weight is 360 g/mol. The van der Waals surface area contributed by atoms with Crippen molar-refractivity contribution in [2.45, 2.75) is 19.8 Å². The Labute approximate surface area is 149 Å². The smallest absolute Gasteiger partial charge is 0.267 e. The van der Waals surface area contributed by atoms with E-state index in [4.69, 9.17) is 4.42 Å². The second kappa shape index (κ2) is 8.06. The molecule has 7 nitrogen and oxygen atoms in total. The lowest BCUT2D eigenvalue weighted by atomic mass is 9.96. The lowest BCUT2D eigenvalue weighted by molar-refractivity contribution is -0.116. The van der Waals surface area contributed by atoms with Crippen LogP contribution in [0.5, 0.6) is 0 Å². The van der Waals surface area contributed by atoms with Gasteiger partial charge in [0.15, 0.2) is 0 Å². The zero-order valence-corrected chi connectivity index (χ0v) is 14.8. The zero-order chi connectivity index (χ0) is 17.6. The molecule has 1 fully saturated rings. The van der Waals surface area contributed by atoms with Crippen LogP contribution in [0.2, 0.25) is 0 Å². The first-order chi connectivity index (χ1) is 12.1. The second-order valence-corrected chi connectivity index (χ2v) is 6.77. The minimum atomic E-state index is -0.138. The highest BCUT2D eigenvalue weighted by atomic mass is 32.1. The van der Waals surface area contributed by atoms with Crippen LogP contribution in [0.25, 0.3) is 6.08 Å². The van der Waals surface area contributed by atoms with Gasteiger partial charge in [-0.3, -0.25) is 9.59 Å². The van der Waals surface area contributed by atoms with Gasteiger partial charge in [-0.2, -0.15) is 0 Å². The van der Waals surface area contributed by atoms with Gasteiger partial charge in [0.25, 0.3) is 5.91 Å². The third kappa shape index (κ3) is 4.54. The van der Waals surface area contributed by atoms with E-state index in [0.29, 0.717) is 41.9 Å². The normalized spacial score (nSPS) is 15.6. The van der Waals surface area contributed by atoms with Crippen molar-refractivity contribution in [2.75, 3.05) is 19.6 Å². The third-order valence-corrected chi connectivity index (χ3v) is 5.07. The highest BCUT2D eigenvalue weighted by Gasteiger charge is 2.26. The number of hydrogen-bond donors (Lipinski definition) is 1. The molecule has 0 radical (unpaired) electrons. The van der Waals surface area contributed by atoms with E-state index in [1.165, 1.54) is 6.08 Å². The monoisotopic (exact) mass is 360 g/mol. The average Bonchev–Trinajstić information content (AvgIpc) is 3.29. The van der Waals surface area contributed by atoms with Gasteiger partial charge < -0.3 is 14.6 Å². The summed E-state index contributed by atoms with van der Waals surface area (Å²) in [5.74, 6) is 0.901. The maximum absolute atomic E-state index is 12.4. The Morgan fingerprint density at radius 1 is 1.44 bits per heavy atom. The standard InChI is InChI=1S/C17H20N4O3S/c1-12-16(25-20-19-12)17(23)21-8-6-13(7-9-21)11-18-15(22)5-4-14-3-2-10-24-14/h2-5,10,13H,6-9,11H2,1H3,(H,18,22)/b5-4+. The molecule has 1 N–H and O–H groups in total. The SMILES string of the molecule is Cc1nnsc1C(=O)N1CCC(CNC(=O)/C=C/c2ccco2)CC1. The minimum Gasteiger partial charge on any atom is -0.465 e. The fourth-order valence-corrected chi connectivity index (χ4v) is 3.38. The number of aromatic nitrogens is 2. The summed E-state index contributed by atoms with van der Waals surface area (Å²) in [5, 5.41) is 6.80. The molecule has 0 aliphatic carbocycles. The Morgan fingerprint density at radius 3 is 2.88 bits per heavy atom. The Kier molecular flexibility index (Phi) is 5.60. The van der Waals surface area contributed by atoms with Crippen LogP contribution in [0.15, 0.2) is 28.9 Å². The maximum Gasteiger partial charge on any atom is 0.267 e. The van der Waals surface area contributed by atoms with E-state index in [1.807, 2.05) is 4.90 Å². The van der Waals surface area contributed by atoms with Crippen LogP contribution in [0.1, 0.15) is 34.0 Å². The zero-order valence-electron chi connectivity index (χ0n) is 14.0. The van der Waals surface area contributed by atoms with Gasteiger partial charge in [-0.1, -0.05) is 4.49 Å². The molecule has 1 saturated heterocycles. The van der Waals surface area contributed by atoms with E-state index in [0.717, 1.165) is 24.4 Å². The molecule has 0 unspecified atom stereocenters. The Morgan fingerprint density at radius 2 is 2.24 bits per heavy atom. The summed E-state index contributed by atoms with van der Waals surface area (Å²) in [6, 6.07) is 3.56. The van der Waals surface area contributed by atoms with E-state index < -0.39 is 0 Å². The fraction of sp³-hybridized carbons (Fsp3) is 0.412. The van der Waals surface area contributed by atoms with E-state index in [-0.39, 0.29) is 11.8 Å². The van der Waals surface area contributed by atoms with Crippen molar-refractivity contribution in [1.29, 1.82) is 0 Å². The number of aryl methyl sites for hydroxylation is 1. The molecule has 25 heavy (non-hydrogen) atoms. The van der Waals surface area contributed by atoms with Crippen LogP contribution in [0, 0.1) is 12.8 Å². The fourth-order valence-electron chi connectivity index (χ4n) is 2.76. The van der Waals surface area contributed by atoms with E-state index >= 15 is 0 Å². The molecule has 1 aliphatic rings. The van der Waals surface area contributed by atoms with Crippen molar-refractivity contribution in [3.8, 4) is 0 Å². The topological polar surface area (TPSA) is 88.3 Å². The molecule has 2 aromatic rings. The molecule has 0 saturated carbocycles. The molecule has 0 atom stereocenters. The van der Waals surface area contributed by atoms with Crippen molar-refractivity contribution in [1.82, 2.24) is 19.8 Å². The summed E-state index contributed by atoms with van der Waals surface area (Å²) >= 11 is 1.15. The van der Waals surface area contributed by atoms with Crippen molar-refractivity contribution < 1.29 is 14.0 Å². The van der Waals surface area contributed by atoms with E-state index in [2.05, 4.69) is 14.9 Å². The van der Waals surface area contributed by atoms with Crippen molar-refractivity contribution >= 4 is 29.4 Å². The molecule has 132 valence electrons. The quantitative estimate of drug-likeness (QED) is 0.825. The minimum absolute atomic E-state index is 0.0105. The van der Waals surface area contributed by atoms with E-state index in [9.17, 15) is 9.59 Å². The van der Waals surface area contributed by atoms with Crippen LogP contribution >= 0.6 is 11.5 Å². The molecule has 8 heteroatoms. The Bertz CT molecular complexity index is 746. The van der Waals surface area contributed by atoms with Crippen LogP contribution in [0.4, 0.5) is 0 Å². The number of carbonyl (C=O) groups is 2. The van der Waals surface area contributed by atoms with Crippen molar-refractivity contribution in [3.05, 3.63) is 40.8 Å². The summed E-state index contributed by atoms with van der Waals surface area (Å²) in [7, 11) is 0. The Hall–Kier alpha value is -2.48. The van der Waals surface area contributed by atoms with Crippen molar-refractivity contribution in [2.24, 2.45) is 5.92 Å².